The van der Waals surface area contributed by atoms with Gasteiger partial charge in [-0.05, 0) is 36.1 Å². The molecule has 0 atom stereocenters. The number of benzene rings is 2. The number of anilines is 1. The van der Waals surface area contributed by atoms with Crippen LogP contribution in [-0.2, 0) is 6.54 Å². The van der Waals surface area contributed by atoms with Crippen LogP contribution in [-0.4, -0.2) is 31.7 Å². The Kier molecular flexibility index (Phi) is 4.62. The van der Waals surface area contributed by atoms with Crippen molar-refractivity contribution in [1.29, 1.82) is 0 Å². The average molecular weight is 358 g/mol. The van der Waals surface area contributed by atoms with E-state index in [1.54, 1.807) is 18.3 Å². The predicted octanol–water partition coefficient (Wildman–Crippen LogP) is 2.02. The summed E-state index contributed by atoms with van der Waals surface area (Å²) in [6.07, 6.45) is 1.71. The van der Waals surface area contributed by atoms with Crippen LogP contribution in [0.3, 0.4) is 0 Å². The standard InChI is InChI=1S/C20H19BN4O2/c1-14-12-16-17(21(26)27)8-5-9-18(16)25(14)20-22-11-10-19(24-20)23-13-15-6-3-2-4-7-15/h2-12,26-27H,13H2,1H3,(H,22,23,24). The van der Waals surface area contributed by atoms with Crippen LogP contribution in [0.1, 0.15) is 11.3 Å². The SMILES string of the molecule is Cc1cc2c(B(O)O)cccc2n1-c1nccc(NCc2ccccc2)n1. The monoisotopic (exact) mass is 358 g/mol. The lowest BCUT2D eigenvalue weighted by atomic mass is 9.78. The van der Waals surface area contributed by atoms with Crippen LogP contribution in [0, 0.1) is 6.92 Å². The predicted molar refractivity (Wildman–Crippen MR) is 107 cm³/mol. The highest BCUT2D eigenvalue weighted by Crippen LogP contribution is 2.22. The smallest absolute Gasteiger partial charge is 0.423 e. The van der Waals surface area contributed by atoms with E-state index in [4.69, 9.17) is 0 Å². The number of hydrogen-bond donors (Lipinski definition) is 3. The lowest BCUT2D eigenvalue weighted by Crippen LogP contribution is -2.30. The molecule has 0 unspecified atom stereocenters. The zero-order chi connectivity index (χ0) is 18.8. The molecule has 2 aromatic heterocycles. The summed E-state index contributed by atoms with van der Waals surface area (Å²) in [5, 5.41) is 23.3. The Morgan fingerprint density at radius 1 is 1.04 bits per heavy atom. The van der Waals surface area contributed by atoms with Crippen molar-refractivity contribution in [2.45, 2.75) is 13.5 Å². The number of fused-ring (bicyclic) bond motifs is 1. The lowest BCUT2D eigenvalue weighted by Gasteiger charge is -2.10. The molecule has 0 bridgehead atoms. The van der Waals surface area contributed by atoms with Crippen molar-refractivity contribution in [3.63, 3.8) is 0 Å². The van der Waals surface area contributed by atoms with Crippen LogP contribution in [0.2, 0.25) is 0 Å². The number of aromatic nitrogens is 3. The summed E-state index contributed by atoms with van der Waals surface area (Å²) >= 11 is 0. The molecule has 27 heavy (non-hydrogen) atoms. The van der Waals surface area contributed by atoms with Crippen molar-refractivity contribution in [2.75, 3.05) is 5.32 Å². The van der Waals surface area contributed by atoms with E-state index >= 15 is 0 Å². The van der Waals surface area contributed by atoms with Gasteiger partial charge in [-0.1, -0.05) is 42.5 Å². The first-order valence-electron chi connectivity index (χ1n) is 8.72. The van der Waals surface area contributed by atoms with E-state index in [9.17, 15) is 10.0 Å². The lowest BCUT2D eigenvalue weighted by molar-refractivity contribution is 0.426. The van der Waals surface area contributed by atoms with E-state index in [2.05, 4.69) is 27.4 Å². The molecule has 2 heterocycles. The fraction of sp³-hybridized carbons (Fsp3) is 0.100. The van der Waals surface area contributed by atoms with Crippen LogP contribution >= 0.6 is 0 Å². The van der Waals surface area contributed by atoms with Crippen LogP contribution in [0.15, 0.2) is 66.9 Å². The topological polar surface area (TPSA) is 83.2 Å². The Hall–Kier alpha value is -3.16. The molecule has 0 saturated carbocycles. The Labute approximate surface area is 157 Å². The number of nitrogens with zero attached hydrogens (tertiary/aromatic N) is 3. The molecule has 0 saturated heterocycles. The zero-order valence-corrected chi connectivity index (χ0v) is 14.9. The van der Waals surface area contributed by atoms with Crippen LogP contribution in [0.4, 0.5) is 5.82 Å². The first-order valence-corrected chi connectivity index (χ1v) is 8.72. The first kappa shape index (κ1) is 17.3. The maximum absolute atomic E-state index is 9.62. The Balaban J connectivity index is 1.70. The quantitative estimate of drug-likeness (QED) is 0.476. The number of rotatable bonds is 5. The molecule has 134 valence electrons. The molecule has 2 aromatic carbocycles. The van der Waals surface area contributed by atoms with Crippen LogP contribution in [0.25, 0.3) is 16.9 Å². The van der Waals surface area contributed by atoms with E-state index in [1.165, 1.54) is 5.56 Å². The van der Waals surface area contributed by atoms with Gasteiger partial charge in [0.05, 0.1) is 5.52 Å². The third-order valence-electron chi connectivity index (χ3n) is 4.50. The van der Waals surface area contributed by atoms with E-state index in [-0.39, 0.29) is 0 Å². The van der Waals surface area contributed by atoms with Crippen molar-refractivity contribution < 1.29 is 10.0 Å². The number of nitrogens with one attached hydrogen (secondary N) is 1. The maximum atomic E-state index is 9.62. The van der Waals surface area contributed by atoms with Gasteiger partial charge in [-0.2, -0.15) is 4.98 Å². The summed E-state index contributed by atoms with van der Waals surface area (Å²) in [6.45, 7) is 2.62. The third-order valence-corrected chi connectivity index (χ3v) is 4.50. The van der Waals surface area contributed by atoms with Gasteiger partial charge in [-0.3, -0.25) is 4.57 Å². The van der Waals surface area contributed by atoms with Gasteiger partial charge in [0.25, 0.3) is 0 Å². The van der Waals surface area contributed by atoms with E-state index in [0.29, 0.717) is 18.0 Å². The Bertz CT molecular complexity index is 1080. The molecule has 6 nitrogen and oxygen atoms in total. The van der Waals surface area contributed by atoms with Gasteiger partial charge >= 0.3 is 7.12 Å². The van der Waals surface area contributed by atoms with Gasteiger partial charge in [-0.25, -0.2) is 4.98 Å². The van der Waals surface area contributed by atoms with Crippen LogP contribution < -0.4 is 10.8 Å². The molecule has 0 aliphatic rings. The number of hydrogen-bond acceptors (Lipinski definition) is 5. The molecule has 4 aromatic rings. The van der Waals surface area contributed by atoms with E-state index < -0.39 is 7.12 Å². The summed E-state index contributed by atoms with van der Waals surface area (Å²) in [6, 6.07) is 19.3. The molecule has 0 aliphatic heterocycles. The molecule has 0 radical (unpaired) electrons. The summed E-state index contributed by atoms with van der Waals surface area (Å²) in [4.78, 5) is 9.04. The highest BCUT2D eigenvalue weighted by molar-refractivity contribution is 6.61. The first-order chi connectivity index (χ1) is 13.1. The second kappa shape index (κ2) is 7.22. The molecule has 0 amide bonds. The summed E-state index contributed by atoms with van der Waals surface area (Å²) in [5.74, 6) is 1.26. The van der Waals surface area contributed by atoms with E-state index in [1.807, 2.05) is 47.9 Å². The van der Waals surface area contributed by atoms with Gasteiger partial charge in [0.15, 0.2) is 0 Å². The van der Waals surface area contributed by atoms with Gasteiger partial charge in [-0.15, -0.1) is 0 Å². The van der Waals surface area contributed by atoms with Gasteiger partial charge in [0.2, 0.25) is 5.95 Å². The summed E-state index contributed by atoms with van der Waals surface area (Å²) < 4.78 is 1.91. The van der Waals surface area contributed by atoms with Crippen molar-refractivity contribution >= 4 is 29.3 Å². The van der Waals surface area contributed by atoms with Crippen molar-refractivity contribution in [3.05, 3.63) is 78.1 Å². The zero-order valence-electron chi connectivity index (χ0n) is 14.9. The summed E-state index contributed by atoms with van der Waals surface area (Å²) in [5.41, 5.74) is 3.38. The van der Waals surface area contributed by atoms with E-state index in [0.717, 1.165) is 22.4 Å². The van der Waals surface area contributed by atoms with Crippen LogP contribution in [0.5, 0.6) is 0 Å². The molecular formula is C20H19BN4O2. The molecular weight excluding hydrogens is 339 g/mol. The largest absolute Gasteiger partial charge is 0.489 e. The molecule has 7 heteroatoms. The van der Waals surface area contributed by atoms with Gasteiger partial charge < -0.3 is 15.4 Å². The molecule has 3 N–H and O–H groups in total. The van der Waals surface area contributed by atoms with Gasteiger partial charge in [0, 0.05) is 23.8 Å². The summed E-state index contributed by atoms with van der Waals surface area (Å²) in [7, 11) is -1.52. The number of aryl methyl sites for hydroxylation is 1. The average Bonchev–Trinajstić information content (AvgIpc) is 3.03. The minimum absolute atomic E-state index is 0.465. The third kappa shape index (κ3) is 3.42. The van der Waals surface area contributed by atoms with Crippen molar-refractivity contribution in [1.82, 2.24) is 14.5 Å². The fourth-order valence-corrected chi connectivity index (χ4v) is 3.22. The maximum Gasteiger partial charge on any atom is 0.489 e. The second-order valence-electron chi connectivity index (χ2n) is 6.36. The van der Waals surface area contributed by atoms with Crippen molar-refractivity contribution in [3.8, 4) is 5.95 Å². The second-order valence-corrected chi connectivity index (χ2v) is 6.36. The Morgan fingerprint density at radius 3 is 2.63 bits per heavy atom. The van der Waals surface area contributed by atoms with Gasteiger partial charge in [0.1, 0.15) is 5.82 Å². The molecule has 0 aliphatic carbocycles. The fourth-order valence-electron chi connectivity index (χ4n) is 3.22. The highest BCUT2D eigenvalue weighted by atomic mass is 16.4. The molecule has 4 rings (SSSR count). The Morgan fingerprint density at radius 2 is 1.85 bits per heavy atom. The minimum Gasteiger partial charge on any atom is -0.423 e. The highest BCUT2D eigenvalue weighted by Gasteiger charge is 2.18. The normalized spacial score (nSPS) is 10.9. The minimum atomic E-state index is -1.52. The molecule has 0 fully saturated rings. The van der Waals surface area contributed by atoms with Crippen molar-refractivity contribution in [2.24, 2.45) is 0 Å². The molecule has 0 spiro atoms.